The van der Waals surface area contributed by atoms with Gasteiger partial charge in [0, 0.05) is 10.9 Å². The van der Waals surface area contributed by atoms with Crippen LogP contribution in [0.15, 0.2) is 29.8 Å². The first-order valence-electron chi connectivity index (χ1n) is 7.65. The van der Waals surface area contributed by atoms with Crippen LogP contribution in [0.25, 0.3) is 0 Å². The van der Waals surface area contributed by atoms with Gasteiger partial charge in [-0.1, -0.05) is 28.1 Å². The maximum Gasteiger partial charge on any atom is 0.250 e. The van der Waals surface area contributed by atoms with Crippen LogP contribution in [0.4, 0.5) is 0 Å². The van der Waals surface area contributed by atoms with E-state index in [4.69, 9.17) is 14.2 Å². The van der Waals surface area contributed by atoms with Gasteiger partial charge in [0.25, 0.3) is 5.78 Å². The second-order valence-corrected chi connectivity index (χ2v) is 8.28. The molecular formula is C16H20BrNO7S. The van der Waals surface area contributed by atoms with Crippen molar-refractivity contribution in [3.63, 3.8) is 0 Å². The van der Waals surface area contributed by atoms with Crippen LogP contribution in [-0.2, 0) is 25.2 Å². The van der Waals surface area contributed by atoms with E-state index in [1.54, 1.807) is 18.2 Å². The largest absolute Gasteiger partial charge is 0.501 e. The second-order valence-electron chi connectivity index (χ2n) is 5.65. The monoisotopic (exact) mass is 449 g/mol. The lowest BCUT2D eigenvalue weighted by atomic mass is 9.90. The minimum atomic E-state index is -3.78. The van der Waals surface area contributed by atoms with E-state index in [1.165, 1.54) is 21.1 Å². The number of Topliss-reactive ketones (excluding diaryl/α,β-unsaturated/α-hetero) is 1. The average Bonchev–Trinajstić information content (AvgIpc) is 2.83. The van der Waals surface area contributed by atoms with Crippen LogP contribution in [-0.4, -0.2) is 44.6 Å². The van der Waals surface area contributed by atoms with Crippen molar-refractivity contribution < 1.29 is 32.5 Å². The number of hydrogen-bond donors (Lipinski definition) is 2. The number of halogens is 1. The Kier molecular flexibility index (Phi) is 6.07. The van der Waals surface area contributed by atoms with E-state index >= 15 is 0 Å². The third kappa shape index (κ3) is 3.75. The molecule has 0 bridgehead atoms. The zero-order chi connectivity index (χ0) is 19.5. The van der Waals surface area contributed by atoms with Gasteiger partial charge in [-0.25, -0.2) is 8.42 Å². The summed E-state index contributed by atoms with van der Waals surface area (Å²) in [6.45, 7) is 1.42. The van der Waals surface area contributed by atoms with Crippen molar-refractivity contribution in [3.8, 4) is 11.5 Å². The summed E-state index contributed by atoms with van der Waals surface area (Å²) in [5.41, 5.74) is -1.37. The topological polar surface area (TPSA) is 111 Å². The molecule has 0 fully saturated rings. The summed E-state index contributed by atoms with van der Waals surface area (Å²) < 4.78 is 42.3. The van der Waals surface area contributed by atoms with Gasteiger partial charge < -0.3 is 19.3 Å². The van der Waals surface area contributed by atoms with Gasteiger partial charge in [0.05, 0.1) is 20.0 Å². The zero-order valence-corrected chi connectivity index (χ0v) is 16.9. The SMILES string of the molecule is COc1cccc(C2(C)OC(NS(=O)(=O)CCCBr)=C(O)C2=O)c1OC. The zero-order valence-electron chi connectivity index (χ0n) is 14.5. The first kappa shape index (κ1) is 20.4. The van der Waals surface area contributed by atoms with Crippen molar-refractivity contribution in [2.45, 2.75) is 18.9 Å². The Morgan fingerprint density at radius 3 is 2.58 bits per heavy atom. The molecule has 1 aliphatic heterocycles. The van der Waals surface area contributed by atoms with Gasteiger partial charge >= 0.3 is 0 Å². The molecule has 0 aromatic heterocycles. The molecule has 8 nitrogen and oxygen atoms in total. The fraction of sp³-hybridized carbons (Fsp3) is 0.438. The number of para-hydroxylation sites is 1. The first-order valence-corrected chi connectivity index (χ1v) is 10.4. The third-order valence-electron chi connectivity index (χ3n) is 3.88. The lowest BCUT2D eigenvalue weighted by Crippen LogP contribution is -2.33. The molecule has 1 unspecified atom stereocenters. The van der Waals surface area contributed by atoms with E-state index < -0.39 is 33.0 Å². The summed E-state index contributed by atoms with van der Waals surface area (Å²) in [7, 11) is -0.926. The summed E-state index contributed by atoms with van der Waals surface area (Å²) in [5, 5.41) is 10.6. The number of aliphatic hydroxyl groups excluding tert-OH is 1. The van der Waals surface area contributed by atoms with Gasteiger partial charge in [0.15, 0.2) is 11.5 Å². The van der Waals surface area contributed by atoms with Crippen molar-refractivity contribution in [2.75, 3.05) is 25.3 Å². The minimum Gasteiger partial charge on any atom is -0.501 e. The number of carbonyl (C=O) groups excluding carboxylic acids is 1. The van der Waals surface area contributed by atoms with Gasteiger partial charge in [0.2, 0.25) is 27.3 Å². The predicted octanol–water partition coefficient (Wildman–Crippen LogP) is 1.95. The Labute approximate surface area is 160 Å². The normalized spacial score (nSPS) is 20.1. The fourth-order valence-corrected chi connectivity index (χ4v) is 4.27. The maximum absolute atomic E-state index is 12.6. The quantitative estimate of drug-likeness (QED) is 0.583. The van der Waals surface area contributed by atoms with Crippen LogP contribution in [0.5, 0.6) is 11.5 Å². The van der Waals surface area contributed by atoms with Crippen molar-refractivity contribution in [1.82, 2.24) is 4.72 Å². The summed E-state index contributed by atoms with van der Waals surface area (Å²) in [5.74, 6) is -1.65. The molecule has 1 atom stereocenters. The number of rotatable bonds is 8. The highest BCUT2D eigenvalue weighted by Crippen LogP contribution is 2.44. The molecule has 10 heteroatoms. The number of hydrogen-bond acceptors (Lipinski definition) is 7. The summed E-state index contributed by atoms with van der Waals surface area (Å²) in [6, 6.07) is 4.85. The number of sulfonamides is 1. The molecule has 0 saturated carbocycles. The number of benzene rings is 1. The van der Waals surface area contributed by atoms with E-state index in [0.717, 1.165) is 0 Å². The highest BCUT2D eigenvalue weighted by molar-refractivity contribution is 9.09. The molecule has 1 heterocycles. The van der Waals surface area contributed by atoms with Crippen LogP contribution in [0.1, 0.15) is 18.9 Å². The number of carbonyl (C=O) groups is 1. The molecule has 0 saturated heterocycles. The molecule has 0 radical (unpaired) electrons. The van der Waals surface area contributed by atoms with Gasteiger partial charge in [-0.05, 0) is 19.4 Å². The van der Waals surface area contributed by atoms with Gasteiger partial charge in [0.1, 0.15) is 0 Å². The van der Waals surface area contributed by atoms with Crippen LogP contribution in [0.3, 0.4) is 0 Å². The Balaban J connectivity index is 2.39. The van der Waals surface area contributed by atoms with Crippen LogP contribution < -0.4 is 14.2 Å². The molecule has 2 N–H and O–H groups in total. The average molecular weight is 450 g/mol. The Morgan fingerprint density at radius 2 is 2.00 bits per heavy atom. The van der Waals surface area contributed by atoms with Crippen molar-refractivity contribution in [1.29, 1.82) is 0 Å². The summed E-state index contributed by atoms with van der Waals surface area (Å²) in [4.78, 5) is 12.6. The molecule has 1 aromatic rings. The van der Waals surface area contributed by atoms with E-state index in [0.29, 0.717) is 23.1 Å². The highest BCUT2D eigenvalue weighted by Gasteiger charge is 2.50. The number of ether oxygens (including phenoxy) is 3. The Bertz CT molecular complexity index is 837. The standard InChI is InChI=1S/C16H20BrNO7S/c1-16(10-6-4-7-11(23-2)13(10)24-3)14(20)12(19)15(25-16)18-26(21,22)9-5-8-17/h4,6-7,18-19H,5,8-9H2,1-3H3. The number of ketones is 1. The first-order chi connectivity index (χ1) is 12.2. The lowest BCUT2D eigenvalue weighted by molar-refractivity contribution is -0.131. The smallest absolute Gasteiger partial charge is 0.250 e. The Hall–Kier alpha value is -1.94. The summed E-state index contributed by atoms with van der Waals surface area (Å²) >= 11 is 3.15. The number of aliphatic hydroxyl groups is 1. The molecule has 1 aliphatic rings. The summed E-state index contributed by atoms with van der Waals surface area (Å²) in [6.07, 6.45) is 0.359. The van der Waals surface area contributed by atoms with Crippen molar-refractivity contribution >= 4 is 31.7 Å². The fourth-order valence-electron chi connectivity index (χ4n) is 2.57. The predicted molar refractivity (Wildman–Crippen MR) is 98.0 cm³/mol. The van der Waals surface area contributed by atoms with Crippen LogP contribution in [0, 0.1) is 0 Å². The molecule has 0 spiro atoms. The second kappa shape index (κ2) is 7.75. The molecule has 26 heavy (non-hydrogen) atoms. The van der Waals surface area contributed by atoms with Crippen molar-refractivity contribution in [3.05, 3.63) is 35.4 Å². The molecular weight excluding hydrogens is 430 g/mol. The van der Waals surface area contributed by atoms with E-state index in [1.807, 2.05) is 0 Å². The highest BCUT2D eigenvalue weighted by atomic mass is 79.9. The van der Waals surface area contributed by atoms with Gasteiger partial charge in [-0.3, -0.25) is 9.52 Å². The molecule has 0 aliphatic carbocycles. The van der Waals surface area contributed by atoms with Crippen LogP contribution >= 0.6 is 15.9 Å². The van der Waals surface area contributed by atoms with Gasteiger partial charge in [-0.15, -0.1) is 0 Å². The molecule has 1 aromatic carbocycles. The molecule has 2 rings (SSSR count). The Morgan fingerprint density at radius 1 is 1.31 bits per heavy atom. The molecule has 0 amide bonds. The minimum absolute atomic E-state index is 0.189. The van der Waals surface area contributed by atoms with E-state index in [2.05, 4.69) is 20.7 Å². The lowest BCUT2D eigenvalue weighted by Gasteiger charge is -2.26. The number of alkyl halides is 1. The van der Waals surface area contributed by atoms with Gasteiger partial charge in [-0.2, -0.15) is 0 Å². The maximum atomic E-state index is 12.6. The molecule has 144 valence electrons. The van der Waals surface area contributed by atoms with Crippen molar-refractivity contribution in [2.24, 2.45) is 0 Å². The third-order valence-corrected chi connectivity index (χ3v) is 5.76. The van der Waals surface area contributed by atoms with Crippen LogP contribution in [0.2, 0.25) is 0 Å². The van der Waals surface area contributed by atoms with E-state index in [-0.39, 0.29) is 11.5 Å². The number of nitrogens with one attached hydrogen (secondary N) is 1. The number of methoxy groups -OCH3 is 2. The van der Waals surface area contributed by atoms with E-state index in [9.17, 15) is 18.3 Å².